The van der Waals surface area contributed by atoms with E-state index in [0.29, 0.717) is 57.0 Å². The van der Waals surface area contributed by atoms with E-state index in [1.807, 2.05) is 23.1 Å². The number of piperazine rings is 1. The van der Waals surface area contributed by atoms with Crippen molar-refractivity contribution in [2.24, 2.45) is 0 Å². The van der Waals surface area contributed by atoms with Crippen LogP contribution in [0.25, 0.3) is 0 Å². The molecule has 1 unspecified atom stereocenters. The average Bonchev–Trinajstić information content (AvgIpc) is 3.61. The molecule has 1 aromatic heterocycles. The van der Waals surface area contributed by atoms with Gasteiger partial charge in [-0.25, -0.2) is 0 Å². The summed E-state index contributed by atoms with van der Waals surface area (Å²) in [5, 5.41) is 0. The van der Waals surface area contributed by atoms with Gasteiger partial charge in [-0.1, -0.05) is 18.2 Å². The number of piperidine rings is 1. The number of hydrogen-bond donors (Lipinski definition) is 0. The fraction of sp³-hybridized carbons (Fsp3) is 0.519. The fourth-order valence-electron chi connectivity index (χ4n) is 5.51. The Kier molecular flexibility index (Phi) is 7.59. The number of furan rings is 1. The van der Waals surface area contributed by atoms with Crippen LogP contribution in [0.3, 0.4) is 0 Å². The van der Waals surface area contributed by atoms with Gasteiger partial charge in [-0.3, -0.25) is 24.2 Å². The van der Waals surface area contributed by atoms with Crippen LogP contribution in [-0.4, -0.2) is 115 Å². The molecule has 10 nitrogen and oxygen atoms in total. The Morgan fingerprint density at radius 3 is 2.30 bits per heavy atom. The van der Waals surface area contributed by atoms with Crippen LogP contribution in [0.5, 0.6) is 0 Å². The van der Waals surface area contributed by atoms with E-state index in [-0.39, 0.29) is 24.3 Å². The molecule has 0 radical (unpaired) electrons. The number of ether oxygens (including phenoxy) is 2. The quantitative estimate of drug-likeness (QED) is 0.582. The van der Waals surface area contributed by atoms with Crippen LogP contribution in [0.2, 0.25) is 0 Å². The molecule has 0 saturated carbocycles. The molecule has 3 saturated heterocycles. The molecule has 1 atom stereocenters. The lowest BCUT2D eigenvalue weighted by atomic mass is 9.96. The summed E-state index contributed by atoms with van der Waals surface area (Å²) in [5.74, 6) is -0.196. The van der Waals surface area contributed by atoms with Crippen molar-refractivity contribution in [2.45, 2.75) is 24.6 Å². The van der Waals surface area contributed by atoms with E-state index in [4.69, 9.17) is 13.9 Å². The molecule has 3 fully saturated rings. The Balaban J connectivity index is 1.33. The van der Waals surface area contributed by atoms with Gasteiger partial charge in [-0.2, -0.15) is 0 Å². The summed E-state index contributed by atoms with van der Waals surface area (Å²) in [6.07, 6.45) is 2.33. The molecule has 3 aliphatic heterocycles. The number of methoxy groups -OCH3 is 1. The molecule has 0 N–H and O–H groups in total. The fourth-order valence-corrected chi connectivity index (χ4v) is 5.51. The largest absolute Gasteiger partial charge is 0.459 e. The Bertz CT molecular complexity index is 1080. The van der Waals surface area contributed by atoms with E-state index >= 15 is 0 Å². The van der Waals surface area contributed by atoms with Crippen molar-refractivity contribution >= 4 is 17.7 Å². The van der Waals surface area contributed by atoms with Gasteiger partial charge in [0.05, 0.1) is 19.5 Å². The van der Waals surface area contributed by atoms with Gasteiger partial charge in [0.15, 0.2) is 5.76 Å². The monoisotopic (exact) mass is 510 g/mol. The first-order chi connectivity index (χ1) is 18.0. The van der Waals surface area contributed by atoms with E-state index in [1.165, 1.54) is 6.26 Å². The third-order valence-electron chi connectivity index (χ3n) is 7.64. The van der Waals surface area contributed by atoms with Crippen molar-refractivity contribution < 1.29 is 28.3 Å². The minimum atomic E-state index is -0.937. The number of rotatable bonds is 6. The average molecular weight is 511 g/mol. The van der Waals surface area contributed by atoms with Gasteiger partial charge in [0.25, 0.3) is 11.8 Å². The van der Waals surface area contributed by atoms with Crippen LogP contribution >= 0.6 is 0 Å². The zero-order valence-electron chi connectivity index (χ0n) is 21.2. The maximum atomic E-state index is 13.8. The lowest BCUT2D eigenvalue weighted by molar-refractivity contribution is -0.139. The van der Waals surface area contributed by atoms with Crippen LogP contribution in [0.15, 0.2) is 53.1 Å². The first-order valence-electron chi connectivity index (χ1n) is 12.9. The van der Waals surface area contributed by atoms with E-state index in [2.05, 4.69) is 4.90 Å². The zero-order valence-corrected chi connectivity index (χ0v) is 21.2. The van der Waals surface area contributed by atoms with Crippen molar-refractivity contribution in [1.82, 2.24) is 19.6 Å². The molecular weight excluding hydrogens is 476 g/mol. The van der Waals surface area contributed by atoms with E-state index in [0.717, 1.165) is 19.6 Å². The summed E-state index contributed by atoms with van der Waals surface area (Å²) in [5.41, 5.74) is -0.420. The molecule has 2 aromatic rings. The molecule has 37 heavy (non-hydrogen) atoms. The van der Waals surface area contributed by atoms with Gasteiger partial charge in [-0.15, -0.1) is 0 Å². The Morgan fingerprint density at radius 1 is 0.919 bits per heavy atom. The highest BCUT2D eigenvalue weighted by Crippen LogP contribution is 2.39. The van der Waals surface area contributed by atoms with Gasteiger partial charge in [-0.05, 0) is 24.3 Å². The van der Waals surface area contributed by atoms with Crippen molar-refractivity contribution in [3.63, 3.8) is 0 Å². The van der Waals surface area contributed by atoms with E-state index in [9.17, 15) is 14.4 Å². The standard InChI is InChI=1S/C27H34N4O6/c1-35-19-17-28-13-15-30(16-14-28)25(33)22-20-37-27(31(22)24(32)21-6-3-2-4-7-21)9-11-29(12-10-27)26(34)23-8-5-18-36-23/h2-8,18,22H,9-17,19-20H2,1H3. The Hall–Kier alpha value is -3.21. The summed E-state index contributed by atoms with van der Waals surface area (Å²) in [6, 6.07) is 11.7. The van der Waals surface area contributed by atoms with Crippen LogP contribution in [-0.2, 0) is 14.3 Å². The number of nitrogens with zero attached hydrogens (tertiary/aromatic N) is 4. The molecule has 198 valence electrons. The third kappa shape index (κ3) is 5.14. The first-order valence-corrected chi connectivity index (χ1v) is 12.9. The van der Waals surface area contributed by atoms with Gasteiger partial charge < -0.3 is 23.7 Å². The minimum Gasteiger partial charge on any atom is -0.459 e. The molecule has 4 heterocycles. The summed E-state index contributed by atoms with van der Waals surface area (Å²) in [4.78, 5) is 47.9. The third-order valence-corrected chi connectivity index (χ3v) is 7.64. The second-order valence-corrected chi connectivity index (χ2v) is 9.74. The summed E-state index contributed by atoms with van der Waals surface area (Å²) in [6.45, 7) is 5.18. The number of amides is 3. The Morgan fingerprint density at radius 2 is 1.65 bits per heavy atom. The highest BCUT2D eigenvalue weighted by molar-refractivity contribution is 5.98. The first kappa shape index (κ1) is 25.4. The van der Waals surface area contributed by atoms with Crippen LogP contribution in [0.4, 0.5) is 0 Å². The maximum Gasteiger partial charge on any atom is 0.289 e. The van der Waals surface area contributed by atoms with Gasteiger partial charge in [0, 0.05) is 71.3 Å². The van der Waals surface area contributed by atoms with Crippen LogP contribution in [0.1, 0.15) is 33.8 Å². The number of carbonyl (C=O) groups is 3. The number of benzene rings is 1. The van der Waals surface area contributed by atoms with E-state index in [1.54, 1.807) is 41.2 Å². The molecule has 3 aliphatic rings. The lowest BCUT2D eigenvalue weighted by Crippen LogP contribution is -2.61. The SMILES string of the molecule is COCCN1CCN(C(=O)C2COC3(CCN(C(=O)c4ccco4)CC3)N2C(=O)c2ccccc2)CC1. The van der Waals surface area contributed by atoms with Crippen LogP contribution < -0.4 is 0 Å². The number of carbonyl (C=O) groups excluding carboxylic acids is 3. The number of hydrogen-bond acceptors (Lipinski definition) is 7. The molecule has 5 rings (SSSR count). The van der Waals surface area contributed by atoms with Gasteiger partial charge in [0.2, 0.25) is 5.91 Å². The van der Waals surface area contributed by atoms with E-state index < -0.39 is 11.8 Å². The molecule has 1 aromatic carbocycles. The van der Waals surface area contributed by atoms with Gasteiger partial charge >= 0.3 is 0 Å². The van der Waals surface area contributed by atoms with Crippen molar-refractivity contribution in [3.8, 4) is 0 Å². The van der Waals surface area contributed by atoms with Crippen molar-refractivity contribution in [2.75, 3.05) is 66.1 Å². The zero-order chi connectivity index (χ0) is 25.8. The second-order valence-electron chi connectivity index (χ2n) is 9.74. The maximum absolute atomic E-state index is 13.8. The molecule has 0 aliphatic carbocycles. The number of likely N-dealkylation sites (tertiary alicyclic amines) is 1. The molecule has 1 spiro atoms. The van der Waals surface area contributed by atoms with Crippen molar-refractivity contribution in [3.05, 3.63) is 60.1 Å². The molecule has 10 heteroatoms. The normalized spacial score (nSPS) is 22.0. The topological polar surface area (TPSA) is 95.8 Å². The van der Waals surface area contributed by atoms with Crippen LogP contribution in [0, 0.1) is 0 Å². The highest BCUT2D eigenvalue weighted by atomic mass is 16.5. The molecule has 3 amide bonds. The smallest absolute Gasteiger partial charge is 0.289 e. The lowest BCUT2D eigenvalue weighted by Gasteiger charge is -2.45. The highest BCUT2D eigenvalue weighted by Gasteiger charge is 2.55. The predicted octanol–water partition coefficient (Wildman–Crippen LogP) is 1.54. The summed E-state index contributed by atoms with van der Waals surface area (Å²) < 4.78 is 16.8. The minimum absolute atomic E-state index is 0.0818. The molecule has 0 bridgehead atoms. The molecular formula is C27H34N4O6. The van der Waals surface area contributed by atoms with Gasteiger partial charge in [0.1, 0.15) is 11.8 Å². The van der Waals surface area contributed by atoms with Crippen molar-refractivity contribution in [1.29, 1.82) is 0 Å². The predicted molar refractivity (Wildman–Crippen MR) is 134 cm³/mol. The summed E-state index contributed by atoms with van der Waals surface area (Å²) in [7, 11) is 1.69. The Labute approximate surface area is 216 Å². The summed E-state index contributed by atoms with van der Waals surface area (Å²) >= 11 is 0. The second kappa shape index (κ2) is 11.0.